The fourth-order valence-electron chi connectivity index (χ4n) is 6.53. The van der Waals surface area contributed by atoms with E-state index in [1.54, 1.807) is 0 Å². The molecule has 0 N–H and O–H groups in total. The fourth-order valence-corrected chi connectivity index (χ4v) is 6.53. The van der Waals surface area contributed by atoms with Gasteiger partial charge >= 0.3 is 0 Å². The zero-order valence-electron chi connectivity index (χ0n) is 22.3. The van der Waals surface area contributed by atoms with Gasteiger partial charge in [-0.05, 0) is 50.7 Å². The Morgan fingerprint density at radius 3 is 2.14 bits per heavy atom. The van der Waals surface area contributed by atoms with E-state index >= 15 is 0 Å². The molecule has 0 spiro atoms. The Bertz CT molecular complexity index is 1150. The Labute approximate surface area is 222 Å². The van der Waals surface area contributed by atoms with Gasteiger partial charge in [0.2, 0.25) is 5.72 Å². The van der Waals surface area contributed by atoms with Gasteiger partial charge in [-0.2, -0.15) is 0 Å². The normalized spacial score (nSPS) is 25.2. The monoisotopic (exact) mass is 496 g/mol. The molecule has 4 nitrogen and oxygen atoms in total. The molecule has 0 aromatic heterocycles. The topological polar surface area (TPSA) is 18.7 Å². The molecular formula is C33H42N3O+. The number of nitrogens with zero attached hydrogens (tertiary/aromatic N) is 3. The number of rotatable bonds is 5. The van der Waals surface area contributed by atoms with Gasteiger partial charge in [0, 0.05) is 61.9 Å². The minimum absolute atomic E-state index is 0.595. The zero-order valence-corrected chi connectivity index (χ0v) is 22.3. The van der Waals surface area contributed by atoms with Crippen LogP contribution < -0.4 is 4.74 Å². The van der Waals surface area contributed by atoms with Crippen LogP contribution in [0.4, 0.5) is 0 Å². The van der Waals surface area contributed by atoms with Crippen molar-refractivity contribution >= 4 is 11.8 Å². The summed E-state index contributed by atoms with van der Waals surface area (Å²) in [6, 6.07) is 19.6. The van der Waals surface area contributed by atoms with Gasteiger partial charge < -0.3 is 9.64 Å². The molecule has 0 bridgehead atoms. The standard InChI is InChI=1S/C33H42N3O/c1-5-15-29(16-6-1)33(36-23-13-4-14-24-36)25-31(30-17-7-8-18-32(30)37-33)28(26-34-19-9-2-10-20-34)27-35-21-11-3-12-22-35/h1,5-8,15-18,25-27H,2-4,9-14,19-24H2/q+1. The van der Waals surface area contributed by atoms with Gasteiger partial charge in [0.1, 0.15) is 18.8 Å². The highest BCUT2D eigenvalue weighted by atomic mass is 16.5. The second-order valence-corrected chi connectivity index (χ2v) is 11.2. The summed E-state index contributed by atoms with van der Waals surface area (Å²) in [6.07, 6.45) is 19.0. The van der Waals surface area contributed by atoms with Gasteiger partial charge in [0.05, 0.1) is 5.57 Å². The predicted octanol–water partition coefficient (Wildman–Crippen LogP) is 6.44. The molecule has 6 rings (SSSR count). The van der Waals surface area contributed by atoms with Crippen LogP contribution in [0.5, 0.6) is 5.75 Å². The van der Waals surface area contributed by atoms with E-state index < -0.39 is 5.72 Å². The average Bonchev–Trinajstić information content (AvgIpc) is 2.98. The molecule has 4 aliphatic rings. The number of hydrogen-bond donors (Lipinski definition) is 0. The molecule has 3 saturated heterocycles. The quantitative estimate of drug-likeness (QED) is 0.444. The smallest absolute Gasteiger partial charge is 0.210 e. The largest absolute Gasteiger partial charge is 0.464 e. The molecule has 0 saturated carbocycles. The third-order valence-electron chi connectivity index (χ3n) is 8.53. The number of para-hydroxylation sites is 1. The first-order valence-electron chi connectivity index (χ1n) is 14.7. The molecule has 0 aliphatic carbocycles. The summed E-state index contributed by atoms with van der Waals surface area (Å²) in [4.78, 5) is 5.14. The van der Waals surface area contributed by atoms with Gasteiger partial charge in [-0.3, -0.25) is 4.90 Å². The highest BCUT2D eigenvalue weighted by molar-refractivity contribution is 6.01. The second-order valence-electron chi connectivity index (χ2n) is 11.2. The highest BCUT2D eigenvalue weighted by Gasteiger charge is 2.43. The molecule has 4 heteroatoms. The molecule has 1 unspecified atom stereocenters. The van der Waals surface area contributed by atoms with Crippen LogP contribution in [0.3, 0.4) is 0 Å². The van der Waals surface area contributed by atoms with Crippen LogP contribution in [0, 0.1) is 0 Å². The minimum Gasteiger partial charge on any atom is -0.464 e. The van der Waals surface area contributed by atoms with E-state index in [0.29, 0.717) is 0 Å². The van der Waals surface area contributed by atoms with Crippen molar-refractivity contribution in [3.05, 3.63) is 83.6 Å². The Morgan fingerprint density at radius 2 is 1.38 bits per heavy atom. The molecule has 0 amide bonds. The number of likely N-dealkylation sites (tertiary alicyclic amines) is 2. The van der Waals surface area contributed by atoms with Crippen LogP contribution in [0.1, 0.15) is 68.9 Å². The molecule has 4 aliphatic heterocycles. The second kappa shape index (κ2) is 11.3. The van der Waals surface area contributed by atoms with Gasteiger partial charge in [-0.1, -0.05) is 55.0 Å². The number of benzene rings is 2. The maximum absolute atomic E-state index is 7.09. The van der Waals surface area contributed by atoms with E-state index in [-0.39, 0.29) is 0 Å². The lowest BCUT2D eigenvalue weighted by molar-refractivity contribution is -0.532. The maximum Gasteiger partial charge on any atom is 0.210 e. The number of allylic oxidation sites excluding steroid dienone is 2. The highest BCUT2D eigenvalue weighted by Crippen LogP contribution is 2.46. The Hall–Kier alpha value is -2.85. The van der Waals surface area contributed by atoms with Crippen molar-refractivity contribution in [3.63, 3.8) is 0 Å². The summed E-state index contributed by atoms with van der Waals surface area (Å²) < 4.78 is 9.65. The zero-order chi connectivity index (χ0) is 24.9. The molecule has 1 atom stereocenters. The average molecular weight is 497 g/mol. The lowest BCUT2D eigenvalue weighted by atomic mass is 9.87. The molecule has 2 aromatic carbocycles. The van der Waals surface area contributed by atoms with Crippen LogP contribution in [0.25, 0.3) is 5.57 Å². The van der Waals surface area contributed by atoms with E-state index in [9.17, 15) is 0 Å². The third-order valence-corrected chi connectivity index (χ3v) is 8.53. The summed E-state index contributed by atoms with van der Waals surface area (Å²) in [5, 5.41) is 0. The first-order valence-corrected chi connectivity index (χ1v) is 14.7. The van der Waals surface area contributed by atoms with E-state index in [1.807, 2.05) is 0 Å². The number of piperidine rings is 3. The summed E-state index contributed by atoms with van der Waals surface area (Å²) in [5.74, 6) is 0.992. The summed E-state index contributed by atoms with van der Waals surface area (Å²) in [5.41, 5.74) is 4.48. The van der Waals surface area contributed by atoms with Crippen LogP contribution in [0.15, 0.2) is 72.4 Å². The Balaban J connectivity index is 1.53. The summed E-state index contributed by atoms with van der Waals surface area (Å²) >= 11 is 0. The van der Waals surface area contributed by atoms with Crippen molar-refractivity contribution in [2.75, 3.05) is 39.3 Å². The molecule has 0 radical (unpaired) electrons. The molecular weight excluding hydrogens is 454 g/mol. The number of ether oxygens (including phenoxy) is 1. The van der Waals surface area contributed by atoms with Gasteiger partial charge in [-0.15, -0.1) is 0 Å². The lowest BCUT2D eigenvalue weighted by Gasteiger charge is -2.46. The van der Waals surface area contributed by atoms with Crippen molar-refractivity contribution < 1.29 is 9.31 Å². The summed E-state index contributed by atoms with van der Waals surface area (Å²) in [7, 11) is 0. The molecule has 3 fully saturated rings. The van der Waals surface area contributed by atoms with Gasteiger partial charge in [-0.25, -0.2) is 4.58 Å². The van der Waals surface area contributed by atoms with Gasteiger partial charge in [0.15, 0.2) is 6.21 Å². The van der Waals surface area contributed by atoms with Crippen molar-refractivity contribution in [2.24, 2.45) is 0 Å². The first kappa shape index (κ1) is 24.5. The van der Waals surface area contributed by atoms with Crippen molar-refractivity contribution in [1.82, 2.24) is 9.80 Å². The maximum atomic E-state index is 7.09. The van der Waals surface area contributed by atoms with Crippen molar-refractivity contribution in [3.8, 4) is 5.75 Å². The van der Waals surface area contributed by atoms with Crippen molar-refractivity contribution in [1.29, 1.82) is 0 Å². The Morgan fingerprint density at radius 1 is 0.730 bits per heavy atom. The van der Waals surface area contributed by atoms with Gasteiger partial charge in [0.25, 0.3) is 0 Å². The van der Waals surface area contributed by atoms with Crippen LogP contribution in [-0.2, 0) is 5.72 Å². The van der Waals surface area contributed by atoms with Crippen LogP contribution >= 0.6 is 0 Å². The first-order chi connectivity index (χ1) is 18.3. The van der Waals surface area contributed by atoms with E-state index in [1.165, 1.54) is 80.1 Å². The molecule has 4 heterocycles. The van der Waals surface area contributed by atoms with E-state index in [4.69, 9.17) is 4.74 Å². The minimum atomic E-state index is -0.595. The lowest BCUT2D eigenvalue weighted by Crippen LogP contribution is -2.52. The predicted molar refractivity (Wildman–Crippen MR) is 152 cm³/mol. The SMILES string of the molecule is C1=C(/C(C=[N+]2CCCCC2)=C/N2CCCCC2)c2ccccc2OC1(c1ccccc1)N1CCCCC1. The fraction of sp³-hybridized carbons (Fsp3) is 0.485. The van der Waals surface area contributed by atoms with Crippen molar-refractivity contribution in [2.45, 2.75) is 63.5 Å². The van der Waals surface area contributed by atoms with E-state index in [2.05, 4.69) is 87.5 Å². The van der Waals surface area contributed by atoms with Crippen LogP contribution in [0.2, 0.25) is 0 Å². The number of fused-ring (bicyclic) bond motifs is 1. The molecule has 37 heavy (non-hydrogen) atoms. The molecule has 2 aromatic rings. The number of hydrogen-bond acceptors (Lipinski definition) is 3. The van der Waals surface area contributed by atoms with E-state index in [0.717, 1.165) is 45.0 Å². The third kappa shape index (κ3) is 5.27. The molecule has 194 valence electrons. The van der Waals surface area contributed by atoms with Crippen LogP contribution in [-0.4, -0.2) is 59.9 Å². The summed E-state index contributed by atoms with van der Waals surface area (Å²) in [6.45, 7) is 6.72. The Kier molecular flexibility index (Phi) is 7.45.